The van der Waals surface area contributed by atoms with E-state index in [9.17, 15) is 4.79 Å². The molecule has 0 saturated carbocycles. The number of benzene rings is 1. The van der Waals surface area contributed by atoms with Crippen molar-refractivity contribution < 1.29 is 14.3 Å². The second-order valence-electron chi connectivity index (χ2n) is 7.22. The number of likely N-dealkylation sites (tertiary alicyclic amines) is 1. The highest BCUT2D eigenvalue weighted by Gasteiger charge is 2.47. The normalized spacial score (nSPS) is 26.1. The first-order valence-electron chi connectivity index (χ1n) is 9.35. The lowest BCUT2D eigenvalue weighted by atomic mass is 9.73. The van der Waals surface area contributed by atoms with Crippen LogP contribution in [-0.2, 0) is 20.7 Å². The van der Waals surface area contributed by atoms with E-state index < -0.39 is 0 Å². The molecule has 0 aromatic heterocycles. The Kier molecular flexibility index (Phi) is 6.27. The zero-order valence-electron chi connectivity index (χ0n) is 15.0. The molecular formula is C21H29NO3. The van der Waals surface area contributed by atoms with E-state index in [2.05, 4.69) is 18.7 Å². The molecule has 4 nitrogen and oxygen atoms in total. The first-order chi connectivity index (χ1) is 12.2. The number of nitrogens with zero attached hydrogens (tertiary/aromatic N) is 1. The summed E-state index contributed by atoms with van der Waals surface area (Å²) in [5, 5.41) is 0. The molecule has 136 valence electrons. The zero-order valence-corrected chi connectivity index (χ0v) is 15.0. The summed E-state index contributed by atoms with van der Waals surface area (Å²) in [6.07, 6.45) is 6.38. The SMILES string of the molecule is C=CCOC[C@]12CCCO[C@@H]1CCN(C(=O)CCc1ccccc1)C2. The zero-order chi connectivity index (χ0) is 17.5. The maximum Gasteiger partial charge on any atom is 0.222 e. The first-order valence-corrected chi connectivity index (χ1v) is 9.35. The van der Waals surface area contributed by atoms with Gasteiger partial charge in [-0.05, 0) is 31.2 Å². The third-order valence-corrected chi connectivity index (χ3v) is 5.44. The molecule has 1 amide bonds. The number of carbonyl (C=O) groups is 1. The number of hydrogen-bond donors (Lipinski definition) is 0. The summed E-state index contributed by atoms with van der Waals surface area (Å²) in [6.45, 7) is 7.29. The molecule has 1 aromatic rings. The quantitative estimate of drug-likeness (QED) is 0.564. The van der Waals surface area contributed by atoms with Crippen molar-refractivity contribution in [3.8, 4) is 0 Å². The van der Waals surface area contributed by atoms with Crippen LogP contribution in [0.1, 0.15) is 31.2 Å². The average molecular weight is 343 g/mol. The van der Waals surface area contributed by atoms with Crippen molar-refractivity contribution in [3.63, 3.8) is 0 Å². The minimum atomic E-state index is -0.0537. The van der Waals surface area contributed by atoms with Gasteiger partial charge in [0.05, 0.1) is 19.3 Å². The highest BCUT2D eigenvalue weighted by atomic mass is 16.5. The van der Waals surface area contributed by atoms with E-state index in [1.54, 1.807) is 6.08 Å². The Labute approximate surface area is 150 Å². The maximum absolute atomic E-state index is 12.7. The van der Waals surface area contributed by atoms with E-state index in [-0.39, 0.29) is 17.4 Å². The summed E-state index contributed by atoms with van der Waals surface area (Å²) in [5.41, 5.74) is 1.16. The minimum Gasteiger partial charge on any atom is -0.377 e. The molecule has 0 bridgehead atoms. The van der Waals surface area contributed by atoms with E-state index >= 15 is 0 Å². The van der Waals surface area contributed by atoms with Crippen LogP contribution in [0.15, 0.2) is 43.0 Å². The second-order valence-corrected chi connectivity index (χ2v) is 7.22. The lowest BCUT2D eigenvalue weighted by molar-refractivity contribution is -0.163. The fourth-order valence-corrected chi connectivity index (χ4v) is 4.11. The van der Waals surface area contributed by atoms with Crippen LogP contribution in [0.4, 0.5) is 0 Å². The Morgan fingerprint density at radius 1 is 1.40 bits per heavy atom. The van der Waals surface area contributed by atoms with Gasteiger partial charge in [0, 0.05) is 31.5 Å². The van der Waals surface area contributed by atoms with Crippen molar-refractivity contribution in [2.24, 2.45) is 5.41 Å². The van der Waals surface area contributed by atoms with Gasteiger partial charge in [0.15, 0.2) is 0 Å². The van der Waals surface area contributed by atoms with E-state index in [1.807, 2.05) is 23.1 Å². The van der Waals surface area contributed by atoms with Crippen molar-refractivity contribution >= 4 is 5.91 Å². The summed E-state index contributed by atoms with van der Waals surface area (Å²) in [6, 6.07) is 10.2. The van der Waals surface area contributed by atoms with Gasteiger partial charge in [-0.1, -0.05) is 36.4 Å². The van der Waals surface area contributed by atoms with Gasteiger partial charge in [-0.3, -0.25) is 4.79 Å². The number of amides is 1. The highest BCUT2D eigenvalue weighted by molar-refractivity contribution is 5.76. The number of rotatable bonds is 7. The molecule has 0 N–H and O–H groups in total. The smallest absolute Gasteiger partial charge is 0.222 e. The molecule has 3 rings (SSSR count). The van der Waals surface area contributed by atoms with Crippen molar-refractivity contribution in [3.05, 3.63) is 48.6 Å². The van der Waals surface area contributed by atoms with Crippen LogP contribution in [0.3, 0.4) is 0 Å². The minimum absolute atomic E-state index is 0.0537. The van der Waals surface area contributed by atoms with E-state index in [0.717, 1.165) is 45.4 Å². The first kappa shape index (κ1) is 18.2. The number of ether oxygens (including phenoxy) is 2. The summed E-state index contributed by atoms with van der Waals surface area (Å²) in [7, 11) is 0. The fraction of sp³-hybridized carbons (Fsp3) is 0.571. The molecule has 25 heavy (non-hydrogen) atoms. The Hall–Kier alpha value is -1.65. The molecular weight excluding hydrogens is 314 g/mol. The summed E-state index contributed by atoms with van der Waals surface area (Å²) in [5.74, 6) is 0.246. The van der Waals surface area contributed by atoms with E-state index in [0.29, 0.717) is 19.6 Å². The molecule has 2 aliphatic heterocycles. The molecule has 2 saturated heterocycles. The van der Waals surface area contributed by atoms with Crippen LogP contribution in [0, 0.1) is 5.41 Å². The molecule has 0 aliphatic carbocycles. The Morgan fingerprint density at radius 2 is 2.24 bits per heavy atom. The highest BCUT2D eigenvalue weighted by Crippen LogP contribution is 2.40. The number of hydrogen-bond acceptors (Lipinski definition) is 3. The van der Waals surface area contributed by atoms with Gasteiger partial charge in [0.25, 0.3) is 0 Å². The molecule has 2 aliphatic rings. The fourth-order valence-electron chi connectivity index (χ4n) is 4.11. The van der Waals surface area contributed by atoms with E-state index in [1.165, 1.54) is 5.56 Å². The van der Waals surface area contributed by atoms with Crippen molar-refractivity contribution in [2.45, 2.75) is 38.2 Å². The van der Waals surface area contributed by atoms with Gasteiger partial charge in [-0.15, -0.1) is 6.58 Å². The summed E-state index contributed by atoms with van der Waals surface area (Å²) >= 11 is 0. The monoisotopic (exact) mass is 343 g/mol. The Morgan fingerprint density at radius 3 is 3.04 bits per heavy atom. The topological polar surface area (TPSA) is 38.8 Å². The Bertz CT molecular complexity index is 574. The average Bonchev–Trinajstić information content (AvgIpc) is 2.66. The van der Waals surface area contributed by atoms with Crippen LogP contribution < -0.4 is 0 Å². The van der Waals surface area contributed by atoms with Crippen LogP contribution in [0.5, 0.6) is 0 Å². The molecule has 1 aromatic carbocycles. The van der Waals surface area contributed by atoms with Crippen molar-refractivity contribution in [1.82, 2.24) is 4.90 Å². The van der Waals surface area contributed by atoms with Crippen LogP contribution in [0.25, 0.3) is 0 Å². The van der Waals surface area contributed by atoms with Gasteiger partial charge in [0.2, 0.25) is 5.91 Å². The van der Waals surface area contributed by atoms with Crippen molar-refractivity contribution in [1.29, 1.82) is 0 Å². The third kappa shape index (κ3) is 4.50. The lowest BCUT2D eigenvalue weighted by Gasteiger charge is -2.50. The van der Waals surface area contributed by atoms with Gasteiger partial charge >= 0.3 is 0 Å². The third-order valence-electron chi connectivity index (χ3n) is 5.44. The summed E-state index contributed by atoms with van der Waals surface area (Å²) < 4.78 is 11.8. The van der Waals surface area contributed by atoms with E-state index in [4.69, 9.17) is 9.47 Å². The van der Waals surface area contributed by atoms with Gasteiger partial charge in [0.1, 0.15) is 0 Å². The number of piperidine rings is 1. The van der Waals surface area contributed by atoms with Crippen LogP contribution >= 0.6 is 0 Å². The Balaban J connectivity index is 1.60. The van der Waals surface area contributed by atoms with Gasteiger partial charge in [-0.2, -0.15) is 0 Å². The molecule has 0 spiro atoms. The summed E-state index contributed by atoms with van der Waals surface area (Å²) in [4.78, 5) is 14.8. The number of fused-ring (bicyclic) bond motifs is 1. The molecule has 2 atom stereocenters. The standard InChI is InChI=1S/C21H29NO3/c1-2-14-24-17-21-12-6-15-25-19(21)11-13-22(16-21)20(23)10-9-18-7-4-3-5-8-18/h2-5,7-8,19H,1,6,9-17H2/t19-,21-/m1/s1. The second kappa shape index (κ2) is 8.63. The van der Waals surface area contributed by atoms with Crippen molar-refractivity contribution in [2.75, 3.05) is 32.9 Å². The van der Waals surface area contributed by atoms with Gasteiger partial charge < -0.3 is 14.4 Å². The maximum atomic E-state index is 12.7. The molecule has 2 heterocycles. The molecule has 2 fully saturated rings. The lowest BCUT2D eigenvalue weighted by Crippen LogP contribution is -2.58. The largest absolute Gasteiger partial charge is 0.377 e. The van der Waals surface area contributed by atoms with Crippen LogP contribution in [0.2, 0.25) is 0 Å². The predicted octanol–water partition coefficient (Wildman–Crippen LogP) is 3.22. The van der Waals surface area contributed by atoms with Crippen LogP contribution in [-0.4, -0.2) is 49.8 Å². The molecule has 0 radical (unpaired) electrons. The van der Waals surface area contributed by atoms with Gasteiger partial charge in [-0.25, -0.2) is 0 Å². The number of carbonyl (C=O) groups excluding carboxylic acids is 1. The predicted molar refractivity (Wildman–Crippen MR) is 98.4 cm³/mol. The molecule has 4 heteroatoms. The molecule has 0 unspecified atom stereocenters. The number of aryl methyl sites for hydroxylation is 1.